The van der Waals surface area contributed by atoms with E-state index in [4.69, 9.17) is 11.6 Å². The minimum Gasteiger partial charge on any atom is -0.294 e. The fourth-order valence-corrected chi connectivity index (χ4v) is 2.91. The molecule has 1 heterocycles. The van der Waals surface area contributed by atoms with Crippen LogP contribution in [0.15, 0.2) is 27.1 Å². The highest BCUT2D eigenvalue weighted by Crippen LogP contribution is 2.28. The first kappa shape index (κ1) is 14.8. The van der Waals surface area contributed by atoms with Gasteiger partial charge in [0, 0.05) is 17.1 Å². The van der Waals surface area contributed by atoms with Gasteiger partial charge in [0.2, 0.25) is 0 Å². The van der Waals surface area contributed by atoms with Gasteiger partial charge in [-0.15, -0.1) is 0 Å². The molecule has 0 amide bonds. The summed E-state index contributed by atoms with van der Waals surface area (Å²) in [7, 11) is 1.82. The maximum Gasteiger partial charge on any atom is 0.170 e. The maximum atomic E-state index is 12.3. The topological polar surface area (TPSA) is 34.9 Å². The zero-order chi connectivity index (χ0) is 14.2. The van der Waals surface area contributed by atoms with E-state index >= 15 is 0 Å². The molecule has 3 nitrogen and oxygen atoms in total. The van der Waals surface area contributed by atoms with E-state index in [0.717, 1.165) is 20.3 Å². The lowest BCUT2D eigenvalue weighted by atomic mass is 10.1. The number of rotatable bonds is 3. The molecule has 2 rings (SSSR count). The molecule has 19 heavy (non-hydrogen) atoms. The summed E-state index contributed by atoms with van der Waals surface area (Å²) in [6.07, 6.45) is 0.258. The normalized spacial score (nSPS) is 10.8. The van der Waals surface area contributed by atoms with Gasteiger partial charge in [-0.2, -0.15) is 5.10 Å². The van der Waals surface area contributed by atoms with Gasteiger partial charge in [-0.1, -0.05) is 17.7 Å². The molecule has 1 aromatic carbocycles. The van der Waals surface area contributed by atoms with E-state index < -0.39 is 0 Å². The first-order valence-corrected chi connectivity index (χ1v) is 7.53. The number of halogens is 3. The van der Waals surface area contributed by atoms with Crippen molar-refractivity contribution in [2.24, 2.45) is 7.05 Å². The summed E-state index contributed by atoms with van der Waals surface area (Å²) in [5.74, 6) is -0.0324. The highest BCUT2D eigenvalue weighted by molar-refractivity contribution is 9.10. The fourth-order valence-electron chi connectivity index (χ4n) is 1.84. The van der Waals surface area contributed by atoms with Gasteiger partial charge in [0.1, 0.15) is 0 Å². The summed E-state index contributed by atoms with van der Waals surface area (Å²) in [6, 6.07) is 5.34. The standard InChI is InChI=1S/C13H11Br2ClN2O/c1-7-12(15)10(18(2)17-7)6-11(19)8-4-3-5-9(14)13(8)16/h3-5H,6H2,1-2H3. The van der Waals surface area contributed by atoms with Crippen LogP contribution in [0.1, 0.15) is 21.7 Å². The van der Waals surface area contributed by atoms with Crippen LogP contribution in [0.2, 0.25) is 5.02 Å². The molecule has 0 radical (unpaired) electrons. The molecule has 0 N–H and O–H groups in total. The molecule has 0 saturated carbocycles. The van der Waals surface area contributed by atoms with E-state index in [1.54, 1.807) is 16.8 Å². The molecular formula is C13H11Br2ClN2O. The number of carbonyl (C=O) groups is 1. The number of carbonyl (C=O) groups excluding carboxylic acids is 1. The molecule has 0 saturated heterocycles. The summed E-state index contributed by atoms with van der Waals surface area (Å²) < 4.78 is 3.30. The number of ketones is 1. The van der Waals surface area contributed by atoms with Gasteiger partial charge in [0.25, 0.3) is 0 Å². The Morgan fingerprint density at radius 2 is 2.11 bits per heavy atom. The zero-order valence-corrected chi connectivity index (χ0v) is 14.3. The van der Waals surface area contributed by atoms with Crippen LogP contribution < -0.4 is 0 Å². The third-order valence-electron chi connectivity index (χ3n) is 2.84. The SMILES string of the molecule is Cc1nn(C)c(CC(=O)c2cccc(Br)c2Cl)c1Br. The molecule has 0 fully saturated rings. The number of hydrogen-bond donors (Lipinski definition) is 0. The zero-order valence-electron chi connectivity index (χ0n) is 10.4. The quantitative estimate of drug-likeness (QED) is 0.711. The van der Waals surface area contributed by atoms with Crippen LogP contribution >= 0.6 is 43.5 Å². The van der Waals surface area contributed by atoms with Crippen molar-refractivity contribution in [1.82, 2.24) is 9.78 Å². The largest absolute Gasteiger partial charge is 0.294 e. The molecule has 0 aliphatic heterocycles. The van der Waals surface area contributed by atoms with Gasteiger partial charge >= 0.3 is 0 Å². The van der Waals surface area contributed by atoms with E-state index in [1.807, 2.05) is 20.0 Å². The average Bonchev–Trinajstić information content (AvgIpc) is 2.59. The minimum absolute atomic E-state index is 0.0324. The predicted octanol–water partition coefficient (Wildman–Crippen LogP) is 4.33. The van der Waals surface area contributed by atoms with Crippen LogP contribution in [-0.4, -0.2) is 15.6 Å². The van der Waals surface area contributed by atoms with Crippen LogP contribution in [0.4, 0.5) is 0 Å². The molecule has 0 unspecified atom stereocenters. The third kappa shape index (κ3) is 2.93. The second-order valence-corrected chi connectivity index (χ2v) is 6.20. The van der Waals surface area contributed by atoms with Gasteiger partial charge in [-0.05, 0) is 50.9 Å². The van der Waals surface area contributed by atoms with E-state index in [0.29, 0.717) is 10.6 Å². The molecule has 1 aromatic heterocycles. The van der Waals surface area contributed by atoms with Crippen molar-refractivity contribution in [2.45, 2.75) is 13.3 Å². The molecule has 0 aliphatic carbocycles. The van der Waals surface area contributed by atoms with Gasteiger partial charge in [0.15, 0.2) is 5.78 Å². The second kappa shape index (κ2) is 5.77. The van der Waals surface area contributed by atoms with E-state index in [1.165, 1.54) is 0 Å². The molecule has 2 aromatic rings. The summed E-state index contributed by atoms with van der Waals surface area (Å²) in [4.78, 5) is 12.3. The lowest BCUT2D eigenvalue weighted by molar-refractivity contribution is 0.0990. The van der Waals surface area contributed by atoms with E-state index in [2.05, 4.69) is 37.0 Å². The molecule has 100 valence electrons. The highest BCUT2D eigenvalue weighted by atomic mass is 79.9. The van der Waals surface area contributed by atoms with Crippen molar-refractivity contribution in [1.29, 1.82) is 0 Å². The van der Waals surface area contributed by atoms with Crippen molar-refractivity contribution < 1.29 is 4.79 Å². The average molecular weight is 407 g/mol. The highest BCUT2D eigenvalue weighted by Gasteiger charge is 2.18. The summed E-state index contributed by atoms with van der Waals surface area (Å²) in [6.45, 7) is 1.89. The van der Waals surface area contributed by atoms with Crippen molar-refractivity contribution in [3.63, 3.8) is 0 Å². The smallest absolute Gasteiger partial charge is 0.170 e. The summed E-state index contributed by atoms with van der Waals surface area (Å²) in [5, 5.41) is 4.72. The van der Waals surface area contributed by atoms with Crippen molar-refractivity contribution >= 4 is 49.2 Å². The second-order valence-electron chi connectivity index (χ2n) is 4.17. The number of Topliss-reactive ketones (excluding diaryl/α,β-unsaturated/α-hetero) is 1. The Bertz CT molecular complexity index is 652. The predicted molar refractivity (Wildman–Crippen MR) is 82.8 cm³/mol. The molecule has 6 heteroatoms. The Morgan fingerprint density at radius 1 is 1.42 bits per heavy atom. The van der Waals surface area contributed by atoms with E-state index in [9.17, 15) is 4.79 Å². The third-order valence-corrected chi connectivity index (χ3v) is 5.17. The molecule has 0 spiro atoms. The lowest BCUT2D eigenvalue weighted by Crippen LogP contribution is -2.09. The molecular weight excluding hydrogens is 395 g/mol. The first-order valence-electron chi connectivity index (χ1n) is 5.57. The van der Waals surface area contributed by atoms with Crippen molar-refractivity contribution in [3.8, 4) is 0 Å². The monoisotopic (exact) mass is 404 g/mol. The van der Waals surface area contributed by atoms with Crippen molar-refractivity contribution in [3.05, 3.63) is 49.1 Å². The molecule has 0 bridgehead atoms. The molecule has 0 atom stereocenters. The van der Waals surface area contributed by atoms with Gasteiger partial charge in [0.05, 0.1) is 27.3 Å². The summed E-state index contributed by atoms with van der Waals surface area (Å²) >= 11 is 12.9. The van der Waals surface area contributed by atoms with Crippen LogP contribution in [0.25, 0.3) is 0 Å². The van der Waals surface area contributed by atoms with Gasteiger partial charge in [-0.3, -0.25) is 9.48 Å². The number of nitrogens with zero attached hydrogens (tertiary/aromatic N) is 2. The van der Waals surface area contributed by atoms with E-state index in [-0.39, 0.29) is 12.2 Å². The number of aryl methyl sites for hydroxylation is 2. The van der Waals surface area contributed by atoms with Crippen LogP contribution in [0.3, 0.4) is 0 Å². The Labute approximate surface area is 133 Å². The first-order chi connectivity index (χ1) is 8.91. The van der Waals surface area contributed by atoms with Gasteiger partial charge in [-0.25, -0.2) is 0 Å². The van der Waals surface area contributed by atoms with Crippen molar-refractivity contribution in [2.75, 3.05) is 0 Å². The van der Waals surface area contributed by atoms with Crippen LogP contribution in [0.5, 0.6) is 0 Å². The maximum absolute atomic E-state index is 12.3. The number of aromatic nitrogens is 2. The Kier molecular flexibility index (Phi) is 4.48. The lowest BCUT2D eigenvalue weighted by Gasteiger charge is -2.06. The van der Waals surface area contributed by atoms with Gasteiger partial charge < -0.3 is 0 Å². The Balaban J connectivity index is 2.34. The number of benzene rings is 1. The number of hydrogen-bond acceptors (Lipinski definition) is 2. The fraction of sp³-hybridized carbons (Fsp3) is 0.231. The van der Waals surface area contributed by atoms with Crippen LogP contribution in [-0.2, 0) is 13.5 Å². The molecule has 0 aliphatic rings. The Hall–Kier alpha value is -0.650. The van der Waals surface area contributed by atoms with Crippen LogP contribution in [0, 0.1) is 6.92 Å². The Morgan fingerprint density at radius 3 is 2.68 bits per heavy atom. The summed E-state index contributed by atoms with van der Waals surface area (Å²) in [5.41, 5.74) is 2.23. The minimum atomic E-state index is -0.0324.